The molecular formula is C12H17BrO2. The Kier molecular flexibility index (Phi) is 4.17. The number of aryl methyl sites for hydroxylation is 1. The SMILES string of the molecule is CCC(C)(O)COc1cc(Br)ccc1C. The molecule has 0 radical (unpaired) electrons. The van der Waals surface area contributed by atoms with E-state index in [4.69, 9.17) is 4.74 Å². The number of benzene rings is 1. The van der Waals surface area contributed by atoms with Crippen LogP contribution in [0.1, 0.15) is 25.8 Å². The predicted octanol–water partition coefficient (Wildman–Crippen LogP) is 3.30. The summed E-state index contributed by atoms with van der Waals surface area (Å²) in [6.07, 6.45) is 0.681. The van der Waals surface area contributed by atoms with Gasteiger partial charge in [0, 0.05) is 4.47 Å². The van der Waals surface area contributed by atoms with Crippen molar-refractivity contribution in [1.82, 2.24) is 0 Å². The molecule has 0 saturated heterocycles. The molecular weight excluding hydrogens is 256 g/mol. The lowest BCUT2D eigenvalue weighted by molar-refractivity contribution is 0.00826. The van der Waals surface area contributed by atoms with Crippen molar-refractivity contribution in [3.8, 4) is 5.75 Å². The average Bonchev–Trinajstić information content (AvgIpc) is 2.20. The Bertz CT molecular complexity index is 334. The van der Waals surface area contributed by atoms with Gasteiger partial charge >= 0.3 is 0 Å². The molecule has 1 aromatic carbocycles. The van der Waals surface area contributed by atoms with Gasteiger partial charge in [-0.1, -0.05) is 28.9 Å². The Morgan fingerprint density at radius 2 is 2.13 bits per heavy atom. The van der Waals surface area contributed by atoms with Crippen LogP contribution in [0.2, 0.25) is 0 Å². The predicted molar refractivity (Wildman–Crippen MR) is 65.3 cm³/mol. The molecule has 0 spiro atoms. The Hall–Kier alpha value is -0.540. The highest BCUT2D eigenvalue weighted by Gasteiger charge is 2.18. The fraction of sp³-hybridized carbons (Fsp3) is 0.500. The highest BCUT2D eigenvalue weighted by Crippen LogP contribution is 2.24. The summed E-state index contributed by atoms with van der Waals surface area (Å²) < 4.78 is 6.58. The normalized spacial score (nSPS) is 14.7. The molecule has 1 rings (SSSR count). The van der Waals surface area contributed by atoms with Crippen LogP contribution < -0.4 is 4.74 Å². The van der Waals surface area contributed by atoms with Crippen LogP contribution in [0.3, 0.4) is 0 Å². The molecule has 84 valence electrons. The van der Waals surface area contributed by atoms with Crippen molar-refractivity contribution in [2.75, 3.05) is 6.61 Å². The monoisotopic (exact) mass is 272 g/mol. The minimum Gasteiger partial charge on any atom is -0.490 e. The zero-order chi connectivity index (χ0) is 11.5. The highest BCUT2D eigenvalue weighted by atomic mass is 79.9. The number of aliphatic hydroxyl groups is 1. The molecule has 3 heteroatoms. The van der Waals surface area contributed by atoms with Gasteiger partial charge in [-0.2, -0.15) is 0 Å². The molecule has 1 unspecified atom stereocenters. The zero-order valence-corrected chi connectivity index (χ0v) is 11.0. The molecule has 0 aromatic heterocycles. The fourth-order valence-corrected chi connectivity index (χ4v) is 1.40. The zero-order valence-electron chi connectivity index (χ0n) is 9.38. The van der Waals surface area contributed by atoms with E-state index < -0.39 is 5.60 Å². The topological polar surface area (TPSA) is 29.5 Å². The second-order valence-corrected chi connectivity index (χ2v) is 4.96. The molecule has 0 saturated carbocycles. The third-order valence-corrected chi connectivity index (χ3v) is 2.94. The molecule has 1 aromatic rings. The van der Waals surface area contributed by atoms with E-state index >= 15 is 0 Å². The number of hydrogen-bond donors (Lipinski definition) is 1. The molecule has 0 fully saturated rings. The van der Waals surface area contributed by atoms with E-state index in [2.05, 4.69) is 15.9 Å². The molecule has 2 nitrogen and oxygen atoms in total. The van der Waals surface area contributed by atoms with Crippen LogP contribution in [-0.2, 0) is 0 Å². The maximum atomic E-state index is 9.81. The first-order valence-corrected chi connectivity index (χ1v) is 5.85. The van der Waals surface area contributed by atoms with Gasteiger partial charge in [0.25, 0.3) is 0 Å². The van der Waals surface area contributed by atoms with Crippen LogP contribution in [0.15, 0.2) is 22.7 Å². The van der Waals surface area contributed by atoms with E-state index in [1.807, 2.05) is 32.0 Å². The number of rotatable bonds is 4. The van der Waals surface area contributed by atoms with Crippen molar-refractivity contribution >= 4 is 15.9 Å². The Labute approximate surface area is 99.4 Å². The van der Waals surface area contributed by atoms with Gasteiger partial charge < -0.3 is 9.84 Å². The van der Waals surface area contributed by atoms with Gasteiger partial charge in [0.15, 0.2) is 0 Å². The van der Waals surface area contributed by atoms with Crippen molar-refractivity contribution in [1.29, 1.82) is 0 Å². The van der Waals surface area contributed by atoms with E-state index in [1.54, 1.807) is 6.92 Å². The molecule has 0 bridgehead atoms. The first kappa shape index (κ1) is 12.5. The molecule has 0 aliphatic rings. The summed E-state index contributed by atoms with van der Waals surface area (Å²) in [5, 5.41) is 9.81. The molecule has 0 amide bonds. The summed E-state index contributed by atoms with van der Waals surface area (Å²) in [6, 6.07) is 5.88. The Morgan fingerprint density at radius 3 is 2.73 bits per heavy atom. The summed E-state index contributed by atoms with van der Waals surface area (Å²) >= 11 is 3.39. The van der Waals surface area contributed by atoms with Crippen molar-refractivity contribution in [2.24, 2.45) is 0 Å². The smallest absolute Gasteiger partial charge is 0.123 e. The maximum absolute atomic E-state index is 9.81. The second kappa shape index (κ2) is 4.99. The van der Waals surface area contributed by atoms with Gasteiger partial charge in [-0.05, 0) is 38.0 Å². The third kappa shape index (κ3) is 3.84. The van der Waals surface area contributed by atoms with E-state index in [0.717, 1.165) is 15.8 Å². The van der Waals surface area contributed by atoms with Gasteiger partial charge in [-0.15, -0.1) is 0 Å². The Balaban J connectivity index is 2.69. The molecule has 15 heavy (non-hydrogen) atoms. The van der Waals surface area contributed by atoms with Gasteiger partial charge in [-0.25, -0.2) is 0 Å². The Morgan fingerprint density at radius 1 is 1.47 bits per heavy atom. The summed E-state index contributed by atoms with van der Waals surface area (Å²) in [5.41, 5.74) is 0.319. The quantitative estimate of drug-likeness (QED) is 0.912. The standard InChI is InChI=1S/C12H17BrO2/c1-4-12(3,14)8-15-11-7-10(13)6-5-9(11)2/h5-7,14H,4,8H2,1-3H3. The van der Waals surface area contributed by atoms with Gasteiger partial charge in [0.1, 0.15) is 12.4 Å². The molecule has 1 N–H and O–H groups in total. The molecule has 0 aliphatic heterocycles. The number of hydrogen-bond acceptors (Lipinski definition) is 2. The van der Waals surface area contributed by atoms with Gasteiger partial charge in [0.2, 0.25) is 0 Å². The van der Waals surface area contributed by atoms with E-state index in [0.29, 0.717) is 13.0 Å². The number of halogens is 1. The van der Waals surface area contributed by atoms with Crippen molar-refractivity contribution in [3.63, 3.8) is 0 Å². The van der Waals surface area contributed by atoms with Crippen LogP contribution >= 0.6 is 15.9 Å². The second-order valence-electron chi connectivity index (χ2n) is 4.05. The summed E-state index contributed by atoms with van der Waals surface area (Å²) in [7, 11) is 0. The van der Waals surface area contributed by atoms with Crippen LogP contribution in [0, 0.1) is 6.92 Å². The van der Waals surface area contributed by atoms with E-state index in [9.17, 15) is 5.11 Å². The lowest BCUT2D eigenvalue weighted by Crippen LogP contribution is -2.31. The first-order chi connectivity index (χ1) is 6.94. The van der Waals surface area contributed by atoms with Crippen molar-refractivity contribution < 1.29 is 9.84 Å². The lowest BCUT2D eigenvalue weighted by atomic mass is 10.1. The minimum atomic E-state index is -0.755. The van der Waals surface area contributed by atoms with Crippen LogP contribution in [0.4, 0.5) is 0 Å². The first-order valence-electron chi connectivity index (χ1n) is 5.06. The van der Waals surface area contributed by atoms with E-state index in [-0.39, 0.29) is 0 Å². The van der Waals surface area contributed by atoms with Crippen LogP contribution in [-0.4, -0.2) is 17.3 Å². The average molecular weight is 273 g/mol. The lowest BCUT2D eigenvalue weighted by Gasteiger charge is -2.22. The van der Waals surface area contributed by atoms with Crippen LogP contribution in [0.5, 0.6) is 5.75 Å². The largest absolute Gasteiger partial charge is 0.490 e. The van der Waals surface area contributed by atoms with Gasteiger partial charge in [0.05, 0.1) is 5.60 Å². The number of ether oxygens (including phenoxy) is 1. The fourth-order valence-electron chi connectivity index (χ4n) is 1.06. The van der Waals surface area contributed by atoms with E-state index in [1.165, 1.54) is 0 Å². The summed E-state index contributed by atoms with van der Waals surface area (Å²) in [4.78, 5) is 0. The maximum Gasteiger partial charge on any atom is 0.123 e. The minimum absolute atomic E-state index is 0.320. The third-order valence-electron chi connectivity index (χ3n) is 2.45. The van der Waals surface area contributed by atoms with Crippen molar-refractivity contribution in [3.05, 3.63) is 28.2 Å². The molecule has 1 atom stereocenters. The highest BCUT2D eigenvalue weighted by molar-refractivity contribution is 9.10. The van der Waals surface area contributed by atoms with Crippen molar-refractivity contribution in [2.45, 2.75) is 32.8 Å². The molecule has 0 aliphatic carbocycles. The van der Waals surface area contributed by atoms with Crippen LogP contribution in [0.25, 0.3) is 0 Å². The molecule has 0 heterocycles. The van der Waals surface area contributed by atoms with Gasteiger partial charge in [-0.3, -0.25) is 0 Å². The summed E-state index contributed by atoms with van der Waals surface area (Å²) in [6.45, 7) is 6.03. The summed E-state index contributed by atoms with van der Waals surface area (Å²) in [5.74, 6) is 0.818.